The van der Waals surface area contributed by atoms with Gasteiger partial charge in [0.25, 0.3) is 0 Å². The third-order valence-electron chi connectivity index (χ3n) is 2.84. The Hall–Kier alpha value is -1.12. The zero-order chi connectivity index (χ0) is 8.77. The molecular weight excluding hydrogens is 154 g/mol. The Balaban J connectivity index is 2.14. The first-order chi connectivity index (χ1) is 5.74. The Labute approximate surface area is 71.0 Å². The van der Waals surface area contributed by atoms with Gasteiger partial charge in [-0.2, -0.15) is 0 Å². The van der Waals surface area contributed by atoms with Crippen molar-refractivity contribution in [1.29, 1.82) is 0 Å². The second-order valence-corrected chi connectivity index (χ2v) is 3.56. The number of hydrogen-bond acceptors (Lipinski definition) is 2. The van der Waals surface area contributed by atoms with Crippen LogP contribution in [0.3, 0.4) is 0 Å². The Kier molecular flexibility index (Phi) is 1.37. The van der Waals surface area contributed by atoms with Crippen molar-refractivity contribution in [2.75, 3.05) is 13.1 Å². The number of rotatable bonds is 3. The molecule has 64 valence electrons. The molecule has 0 unspecified atom stereocenters. The van der Waals surface area contributed by atoms with Gasteiger partial charge in [-0.05, 0) is 12.3 Å². The summed E-state index contributed by atoms with van der Waals surface area (Å²) in [5.74, 6) is 0.296. The number of carbonyl (C=O) groups excluding carboxylic acids is 2. The number of fused-ring (bicyclic) bond motifs is 1. The van der Waals surface area contributed by atoms with E-state index in [9.17, 15) is 9.59 Å². The molecule has 12 heavy (non-hydrogen) atoms. The molecule has 0 aromatic rings. The number of nitrogens with zero attached hydrogens (tertiary/aromatic N) is 1. The minimum atomic E-state index is -0.608. The minimum Gasteiger partial charge on any atom is -0.338 e. The van der Waals surface area contributed by atoms with Crippen molar-refractivity contribution in [3.63, 3.8) is 0 Å². The monoisotopic (exact) mass is 165 g/mol. The highest BCUT2D eigenvalue weighted by atomic mass is 16.2. The van der Waals surface area contributed by atoms with Gasteiger partial charge in [0, 0.05) is 13.1 Å². The molecule has 2 atom stereocenters. The SMILES string of the molecule is C=CCN1C[C@@H]2C[C@]2(C=O)C1=O. The zero-order valence-corrected chi connectivity index (χ0v) is 6.82. The summed E-state index contributed by atoms with van der Waals surface area (Å²) in [4.78, 5) is 23.9. The van der Waals surface area contributed by atoms with E-state index in [4.69, 9.17) is 0 Å². The summed E-state index contributed by atoms with van der Waals surface area (Å²) in [5.41, 5.74) is -0.608. The lowest BCUT2D eigenvalue weighted by Gasteiger charge is -2.16. The highest BCUT2D eigenvalue weighted by molar-refractivity contribution is 6.02. The zero-order valence-electron chi connectivity index (χ0n) is 6.82. The fourth-order valence-electron chi connectivity index (χ4n) is 1.99. The van der Waals surface area contributed by atoms with Crippen LogP contribution in [0.25, 0.3) is 0 Å². The van der Waals surface area contributed by atoms with Gasteiger partial charge in [-0.1, -0.05) is 6.08 Å². The second-order valence-electron chi connectivity index (χ2n) is 3.56. The lowest BCUT2D eigenvalue weighted by atomic mass is 10.1. The smallest absolute Gasteiger partial charge is 0.236 e. The quantitative estimate of drug-likeness (QED) is 0.341. The van der Waals surface area contributed by atoms with Crippen molar-refractivity contribution in [1.82, 2.24) is 4.90 Å². The second kappa shape index (κ2) is 2.19. The van der Waals surface area contributed by atoms with Gasteiger partial charge in [0.1, 0.15) is 11.7 Å². The predicted octanol–water partition coefficient (Wildman–Crippen LogP) is 0.220. The molecule has 1 heterocycles. The summed E-state index contributed by atoms with van der Waals surface area (Å²) >= 11 is 0. The van der Waals surface area contributed by atoms with Crippen LogP contribution in [0, 0.1) is 11.3 Å². The summed E-state index contributed by atoms with van der Waals surface area (Å²) in [7, 11) is 0. The van der Waals surface area contributed by atoms with Gasteiger partial charge >= 0.3 is 0 Å². The summed E-state index contributed by atoms with van der Waals surface area (Å²) in [6, 6.07) is 0. The standard InChI is InChI=1S/C9H11NO2/c1-2-3-10-5-7-4-9(7,6-11)8(10)12/h2,6-7H,1,3-5H2/t7-,9+/m0/s1. The number of aldehydes is 1. The molecule has 0 aromatic carbocycles. The predicted molar refractivity (Wildman–Crippen MR) is 43.4 cm³/mol. The third-order valence-corrected chi connectivity index (χ3v) is 2.84. The Morgan fingerprint density at radius 2 is 2.50 bits per heavy atom. The van der Waals surface area contributed by atoms with Crippen LogP contribution in [0.15, 0.2) is 12.7 Å². The molecular formula is C9H11NO2. The Morgan fingerprint density at radius 3 is 3.00 bits per heavy atom. The normalized spacial score (nSPS) is 37.8. The van der Waals surface area contributed by atoms with E-state index in [-0.39, 0.29) is 5.91 Å². The number of hydrogen-bond donors (Lipinski definition) is 0. The summed E-state index contributed by atoms with van der Waals surface area (Å²) in [5, 5.41) is 0. The van der Waals surface area contributed by atoms with Crippen molar-refractivity contribution < 1.29 is 9.59 Å². The average molecular weight is 165 g/mol. The number of amides is 1. The molecule has 2 fully saturated rings. The average Bonchev–Trinajstić information content (AvgIpc) is 2.72. The lowest BCUT2D eigenvalue weighted by molar-refractivity contribution is -0.136. The van der Waals surface area contributed by atoms with Crippen LogP contribution in [-0.2, 0) is 9.59 Å². The van der Waals surface area contributed by atoms with E-state index in [1.165, 1.54) is 0 Å². The van der Waals surface area contributed by atoms with Crippen LogP contribution < -0.4 is 0 Å². The van der Waals surface area contributed by atoms with Crippen molar-refractivity contribution in [3.8, 4) is 0 Å². The van der Waals surface area contributed by atoms with Crippen molar-refractivity contribution in [3.05, 3.63) is 12.7 Å². The third kappa shape index (κ3) is 0.709. The molecule has 3 heteroatoms. The van der Waals surface area contributed by atoms with E-state index in [1.807, 2.05) is 0 Å². The molecule has 0 N–H and O–H groups in total. The van der Waals surface area contributed by atoms with E-state index in [0.29, 0.717) is 12.5 Å². The van der Waals surface area contributed by atoms with E-state index in [0.717, 1.165) is 19.3 Å². The summed E-state index contributed by atoms with van der Waals surface area (Å²) in [6.07, 6.45) is 3.28. The molecule has 0 aromatic heterocycles. The van der Waals surface area contributed by atoms with Crippen LogP contribution in [-0.4, -0.2) is 30.2 Å². The highest BCUT2D eigenvalue weighted by Gasteiger charge is 2.66. The highest BCUT2D eigenvalue weighted by Crippen LogP contribution is 2.56. The fraction of sp³-hybridized carbons (Fsp3) is 0.556. The number of carbonyl (C=O) groups is 2. The van der Waals surface area contributed by atoms with Gasteiger partial charge in [0.05, 0.1) is 0 Å². The van der Waals surface area contributed by atoms with E-state index < -0.39 is 5.41 Å². The molecule has 1 aliphatic carbocycles. The minimum absolute atomic E-state index is 0.00222. The number of piperidine rings is 1. The molecule has 2 rings (SSSR count). The maximum Gasteiger partial charge on any atom is 0.236 e. The molecule has 1 aliphatic heterocycles. The first-order valence-corrected chi connectivity index (χ1v) is 4.11. The molecule has 0 bridgehead atoms. The molecule has 1 saturated heterocycles. The van der Waals surface area contributed by atoms with Gasteiger partial charge in [-0.15, -0.1) is 6.58 Å². The van der Waals surface area contributed by atoms with Gasteiger partial charge in [-0.3, -0.25) is 4.79 Å². The molecule has 0 spiro atoms. The van der Waals surface area contributed by atoms with E-state index in [2.05, 4.69) is 6.58 Å². The van der Waals surface area contributed by atoms with Gasteiger partial charge in [0.15, 0.2) is 0 Å². The van der Waals surface area contributed by atoms with E-state index in [1.54, 1.807) is 11.0 Å². The summed E-state index contributed by atoms with van der Waals surface area (Å²) in [6.45, 7) is 4.88. The van der Waals surface area contributed by atoms with Gasteiger partial charge in [-0.25, -0.2) is 0 Å². The Morgan fingerprint density at radius 1 is 1.75 bits per heavy atom. The van der Waals surface area contributed by atoms with Crippen molar-refractivity contribution in [2.45, 2.75) is 6.42 Å². The fourth-order valence-corrected chi connectivity index (χ4v) is 1.99. The van der Waals surface area contributed by atoms with E-state index >= 15 is 0 Å². The molecule has 0 radical (unpaired) electrons. The van der Waals surface area contributed by atoms with Crippen LogP contribution in [0.2, 0.25) is 0 Å². The molecule has 1 amide bonds. The van der Waals surface area contributed by atoms with Crippen LogP contribution in [0.5, 0.6) is 0 Å². The van der Waals surface area contributed by atoms with Gasteiger partial charge in [0.2, 0.25) is 5.91 Å². The van der Waals surface area contributed by atoms with Crippen molar-refractivity contribution in [2.24, 2.45) is 11.3 Å². The van der Waals surface area contributed by atoms with Crippen molar-refractivity contribution >= 4 is 12.2 Å². The Bertz CT molecular complexity index is 261. The number of likely N-dealkylation sites (tertiary alicyclic amines) is 1. The molecule has 1 saturated carbocycles. The first kappa shape index (κ1) is 7.53. The maximum atomic E-state index is 11.5. The topological polar surface area (TPSA) is 37.4 Å². The molecule has 3 nitrogen and oxygen atoms in total. The first-order valence-electron chi connectivity index (χ1n) is 4.11. The summed E-state index contributed by atoms with van der Waals surface area (Å²) < 4.78 is 0. The van der Waals surface area contributed by atoms with Crippen LogP contribution >= 0.6 is 0 Å². The molecule has 2 aliphatic rings. The maximum absolute atomic E-state index is 11.5. The van der Waals surface area contributed by atoms with Crippen LogP contribution in [0.1, 0.15) is 6.42 Å². The lowest BCUT2D eigenvalue weighted by Crippen LogP contribution is -2.32. The largest absolute Gasteiger partial charge is 0.338 e. The van der Waals surface area contributed by atoms with Gasteiger partial charge < -0.3 is 9.69 Å². The van der Waals surface area contributed by atoms with Crippen LogP contribution in [0.4, 0.5) is 0 Å².